The number of hydrogen-bond acceptors (Lipinski definition) is 18. The van der Waals surface area contributed by atoms with E-state index >= 15 is 4.39 Å². The molecule has 1 fully saturated rings. The first-order chi connectivity index (χ1) is 27.1. The van der Waals surface area contributed by atoms with Crippen LogP contribution < -0.4 is 10.6 Å². The van der Waals surface area contributed by atoms with Gasteiger partial charge in [-0.25, -0.2) is 28.1 Å². The van der Waals surface area contributed by atoms with E-state index in [-0.39, 0.29) is 35.0 Å². The molecule has 1 aromatic heterocycles. The van der Waals surface area contributed by atoms with Crippen LogP contribution in [-0.4, -0.2) is 104 Å². The zero-order valence-corrected chi connectivity index (χ0v) is 40.5. The summed E-state index contributed by atoms with van der Waals surface area (Å²) in [5.41, 5.74) is -5.53. The van der Waals surface area contributed by atoms with Crippen molar-refractivity contribution in [2.24, 2.45) is 10.8 Å². The number of rotatable bonds is 14. The number of phosphoric ester groups is 1. The van der Waals surface area contributed by atoms with Gasteiger partial charge in [0.25, 0.3) is 0 Å². The average molecular weight is 930 g/mol. The van der Waals surface area contributed by atoms with Crippen LogP contribution in [0.2, 0.25) is 0 Å². The van der Waals surface area contributed by atoms with Gasteiger partial charge in [0, 0.05) is 28.5 Å². The molecule has 1 aliphatic rings. The van der Waals surface area contributed by atoms with Crippen molar-refractivity contribution in [3.63, 3.8) is 0 Å². The molecule has 1 saturated heterocycles. The molecule has 0 unspecified atom stereocenters. The van der Waals surface area contributed by atoms with Gasteiger partial charge in [-0.15, -0.1) is 11.8 Å². The topological polar surface area (TPSA) is 205 Å². The molecule has 1 aromatic rings. The number of carbonyl (C=O) groups is 5. The van der Waals surface area contributed by atoms with E-state index in [1.807, 2.05) is 0 Å². The number of anilines is 1. The minimum Gasteiger partial charge on any atom is -0.443 e. The lowest BCUT2D eigenvalue weighted by molar-refractivity contribution is -0.118. The van der Waals surface area contributed by atoms with Gasteiger partial charge >= 0.3 is 31.9 Å². The number of ether oxygens (including phenoxy) is 4. The Hall–Kier alpha value is -2.68. The fourth-order valence-corrected chi connectivity index (χ4v) is 9.03. The van der Waals surface area contributed by atoms with Crippen LogP contribution in [-0.2, 0) is 46.7 Å². The lowest BCUT2D eigenvalue weighted by Gasteiger charge is -2.28. The van der Waals surface area contributed by atoms with E-state index in [0.717, 1.165) is 52.1 Å². The number of hydrogen-bond donors (Lipinski definition) is 0. The smallest absolute Gasteiger partial charge is 0.443 e. The first-order valence-electron chi connectivity index (χ1n) is 19.0. The maximum absolute atomic E-state index is 16.6. The lowest BCUT2D eigenvalue weighted by atomic mass is 9.99. The van der Waals surface area contributed by atoms with Crippen LogP contribution >= 0.6 is 43.1 Å². The maximum atomic E-state index is 16.6. The molecule has 0 saturated carbocycles. The Morgan fingerprint density at radius 1 is 0.767 bits per heavy atom. The van der Waals surface area contributed by atoms with E-state index in [9.17, 15) is 33.3 Å². The highest BCUT2D eigenvalue weighted by atomic mass is 32.2. The standard InChI is InChI=1S/C38H61FN3O14PS3/c1-34(2,3)28(43)58-20-18-50-57(49,51-19-21-59-29(44)35(4,5)6)52-22-23-26(53-33(48)56-38(13,14)15)25(39)27(60-23)41-17-16-24(40-30(41)45)42(31(46)54-36(7,8)9)32(47)55-37(10,11)12/h16-17,23,25-27H,18-22H2,1-15H3/t23-,25+,26-,27-/m1/s1. The Morgan fingerprint density at radius 3 is 1.62 bits per heavy atom. The molecule has 342 valence electrons. The highest BCUT2D eigenvalue weighted by Crippen LogP contribution is 2.52. The quantitative estimate of drug-likeness (QED) is 0.0738. The monoisotopic (exact) mass is 929 g/mol. The number of phosphoric acid groups is 1. The predicted octanol–water partition coefficient (Wildman–Crippen LogP) is 8.96. The molecule has 2 rings (SSSR count). The number of alkyl halides is 1. The molecule has 2 heterocycles. The summed E-state index contributed by atoms with van der Waals surface area (Å²) in [6, 6.07) is 1.11. The van der Waals surface area contributed by atoms with Gasteiger partial charge in [-0.05, 0) is 68.4 Å². The number of thioether (sulfide) groups is 3. The summed E-state index contributed by atoms with van der Waals surface area (Å²) in [4.78, 5) is 82.0. The fraction of sp³-hybridized carbons (Fsp3) is 0.763. The minimum absolute atomic E-state index is 0.0897. The van der Waals surface area contributed by atoms with Gasteiger partial charge in [0.05, 0.1) is 25.1 Å². The molecule has 0 aliphatic carbocycles. The largest absolute Gasteiger partial charge is 0.509 e. The van der Waals surface area contributed by atoms with Gasteiger partial charge < -0.3 is 18.9 Å². The summed E-state index contributed by atoms with van der Waals surface area (Å²) in [5, 5.41) is -2.88. The molecular formula is C38H61FN3O14PS3. The number of amides is 2. The van der Waals surface area contributed by atoms with Crippen LogP contribution in [0.5, 0.6) is 0 Å². The highest BCUT2D eigenvalue weighted by molar-refractivity contribution is 8.14. The molecule has 0 radical (unpaired) electrons. The second kappa shape index (κ2) is 21.1. The third-order valence-electron chi connectivity index (χ3n) is 7.11. The van der Waals surface area contributed by atoms with Crippen LogP contribution in [0.3, 0.4) is 0 Å². The number of nitrogens with zero attached hydrogens (tertiary/aromatic N) is 3. The Labute approximate surface area is 364 Å². The van der Waals surface area contributed by atoms with Gasteiger partial charge in [-0.1, -0.05) is 65.1 Å². The number of imide groups is 1. The van der Waals surface area contributed by atoms with Crippen molar-refractivity contribution >= 4 is 77.5 Å². The fourth-order valence-electron chi connectivity index (χ4n) is 4.45. The molecule has 0 spiro atoms. The van der Waals surface area contributed by atoms with Crippen molar-refractivity contribution in [1.29, 1.82) is 0 Å². The van der Waals surface area contributed by atoms with Gasteiger partial charge in [-0.3, -0.25) is 27.7 Å². The summed E-state index contributed by atoms with van der Waals surface area (Å²) >= 11 is 2.69. The molecule has 0 bridgehead atoms. The summed E-state index contributed by atoms with van der Waals surface area (Å²) in [6.07, 6.45) is -6.30. The summed E-state index contributed by atoms with van der Waals surface area (Å²) in [5.74, 6) is -0.293. The molecule has 0 aromatic carbocycles. The van der Waals surface area contributed by atoms with Crippen molar-refractivity contribution in [1.82, 2.24) is 9.55 Å². The van der Waals surface area contributed by atoms with Crippen molar-refractivity contribution in [2.75, 3.05) is 36.2 Å². The van der Waals surface area contributed by atoms with E-state index in [1.165, 1.54) is 0 Å². The molecular weight excluding hydrogens is 869 g/mol. The maximum Gasteiger partial charge on any atom is 0.509 e. The van der Waals surface area contributed by atoms with Crippen LogP contribution in [0.25, 0.3) is 0 Å². The van der Waals surface area contributed by atoms with Gasteiger partial charge in [-0.2, -0.15) is 9.88 Å². The normalized spacial score (nSPS) is 19.1. The second-order valence-corrected chi connectivity index (χ2v) is 23.7. The van der Waals surface area contributed by atoms with Crippen LogP contribution in [0.1, 0.15) is 109 Å². The molecule has 22 heteroatoms. The Morgan fingerprint density at radius 2 is 1.22 bits per heavy atom. The van der Waals surface area contributed by atoms with Crippen LogP contribution in [0.4, 0.5) is 24.6 Å². The van der Waals surface area contributed by atoms with Crippen LogP contribution in [0.15, 0.2) is 17.1 Å². The lowest BCUT2D eigenvalue weighted by Crippen LogP contribution is -2.45. The number of carbonyl (C=O) groups excluding carboxylic acids is 5. The summed E-state index contributed by atoms with van der Waals surface area (Å²) in [6.45, 7) is 23.5. The zero-order valence-electron chi connectivity index (χ0n) is 37.1. The second-order valence-electron chi connectivity index (χ2n) is 18.5. The third-order valence-corrected chi connectivity index (χ3v) is 12.6. The highest BCUT2D eigenvalue weighted by Gasteiger charge is 2.50. The van der Waals surface area contributed by atoms with E-state index in [2.05, 4.69) is 4.98 Å². The summed E-state index contributed by atoms with van der Waals surface area (Å²) in [7, 11) is -4.49. The van der Waals surface area contributed by atoms with E-state index in [0.29, 0.717) is 4.90 Å². The van der Waals surface area contributed by atoms with Crippen molar-refractivity contribution < 1.29 is 65.4 Å². The molecule has 17 nitrogen and oxygen atoms in total. The SMILES string of the molecule is CC(C)(C)OC(=O)O[C@H]1[C@H](F)[C@H](n2ccc(N(C(=O)OC(C)(C)C)C(=O)OC(C)(C)C)nc2=O)S[C@@H]1COP(=O)(OCCSC(=O)C(C)(C)C)OCCSC(=O)C(C)(C)C. The predicted molar refractivity (Wildman–Crippen MR) is 229 cm³/mol. The Kier molecular flexibility index (Phi) is 18.8. The minimum atomic E-state index is -4.49. The zero-order chi connectivity index (χ0) is 46.2. The first kappa shape index (κ1) is 53.5. The van der Waals surface area contributed by atoms with Crippen molar-refractivity contribution in [3.8, 4) is 0 Å². The number of aromatic nitrogens is 2. The van der Waals surface area contributed by atoms with E-state index in [4.69, 9.17) is 32.5 Å². The molecule has 4 atom stereocenters. The van der Waals surface area contributed by atoms with E-state index < -0.39 is 94.8 Å². The van der Waals surface area contributed by atoms with E-state index in [1.54, 1.807) is 104 Å². The summed E-state index contributed by atoms with van der Waals surface area (Å²) < 4.78 is 69.7. The Balaban J connectivity index is 2.47. The molecule has 2 amide bonds. The van der Waals surface area contributed by atoms with Crippen LogP contribution in [0, 0.1) is 10.8 Å². The Bertz CT molecular complexity index is 1730. The molecule has 1 aliphatic heterocycles. The van der Waals surface area contributed by atoms with Crippen molar-refractivity contribution in [2.45, 2.75) is 144 Å². The first-order valence-corrected chi connectivity index (χ1v) is 23.4. The number of halogens is 1. The molecule has 60 heavy (non-hydrogen) atoms. The van der Waals surface area contributed by atoms with Crippen molar-refractivity contribution in [3.05, 3.63) is 22.7 Å². The third kappa shape index (κ3) is 18.0. The van der Waals surface area contributed by atoms with Gasteiger partial charge in [0.2, 0.25) is 0 Å². The van der Waals surface area contributed by atoms with Gasteiger partial charge in [0.15, 0.2) is 28.3 Å². The molecule has 0 N–H and O–H groups in total. The average Bonchev–Trinajstić information content (AvgIpc) is 3.34. The van der Waals surface area contributed by atoms with Gasteiger partial charge in [0.1, 0.15) is 22.2 Å².